The van der Waals surface area contributed by atoms with Crippen LogP contribution in [-0.2, 0) is 15.4 Å². The third-order valence-corrected chi connectivity index (χ3v) is 6.00. The van der Waals surface area contributed by atoms with Gasteiger partial charge in [-0.05, 0) is 37.5 Å². The van der Waals surface area contributed by atoms with E-state index >= 15 is 0 Å². The summed E-state index contributed by atoms with van der Waals surface area (Å²) in [4.78, 5) is 0.249. The molecular weight excluding hydrogens is 284 g/mol. The van der Waals surface area contributed by atoms with Crippen molar-refractivity contribution in [1.82, 2.24) is 0 Å². The predicted octanol–water partition coefficient (Wildman–Crippen LogP) is 2.72. The number of aliphatic hydroxyl groups is 1. The molecule has 0 aliphatic carbocycles. The molecule has 0 amide bonds. The second kappa shape index (κ2) is 4.68. The van der Waals surface area contributed by atoms with Crippen LogP contribution in [0.4, 0.5) is 0 Å². The number of benzene rings is 2. The van der Waals surface area contributed by atoms with Gasteiger partial charge in [0.05, 0.1) is 10.6 Å². The molecule has 1 aliphatic heterocycles. The molecule has 4 heteroatoms. The Hall–Kier alpha value is -1.65. The molecule has 2 aromatic rings. The molecule has 3 nitrogen and oxygen atoms in total. The Balaban J connectivity index is 2.27. The molecule has 0 spiro atoms. The monoisotopic (exact) mass is 302 g/mol. The summed E-state index contributed by atoms with van der Waals surface area (Å²) in [6.07, 6.45) is 0.191. The lowest BCUT2D eigenvalue weighted by atomic mass is 9.81. The Morgan fingerprint density at radius 2 is 1.76 bits per heavy atom. The van der Waals surface area contributed by atoms with E-state index in [1.165, 1.54) is 0 Å². The van der Waals surface area contributed by atoms with Crippen molar-refractivity contribution in [3.8, 4) is 0 Å². The highest BCUT2D eigenvalue weighted by atomic mass is 32.2. The van der Waals surface area contributed by atoms with E-state index in [-0.39, 0.29) is 17.1 Å². The summed E-state index contributed by atoms with van der Waals surface area (Å²) < 4.78 is 24.4. The topological polar surface area (TPSA) is 54.4 Å². The van der Waals surface area contributed by atoms with Gasteiger partial charge in [-0.25, -0.2) is 8.42 Å². The van der Waals surface area contributed by atoms with Crippen molar-refractivity contribution in [2.24, 2.45) is 0 Å². The molecule has 110 valence electrons. The van der Waals surface area contributed by atoms with Gasteiger partial charge in [-0.15, -0.1) is 0 Å². The fraction of sp³-hybridized carbons (Fsp3) is 0.294. The summed E-state index contributed by atoms with van der Waals surface area (Å²) >= 11 is 0. The molecule has 0 bridgehead atoms. The zero-order valence-corrected chi connectivity index (χ0v) is 12.9. The lowest BCUT2D eigenvalue weighted by Crippen LogP contribution is -2.37. The lowest BCUT2D eigenvalue weighted by Gasteiger charge is -2.35. The van der Waals surface area contributed by atoms with Crippen molar-refractivity contribution in [3.05, 3.63) is 64.7 Å². The van der Waals surface area contributed by atoms with Gasteiger partial charge >= 0.3 is 0 Å². The highest BCUT2D eigenvalue weighted by Gasteiger charge is 2.42. The van der Waals surface area contributed by atoms with Crippen LogP contribution in [0.3, 0.4) is 0 Å². The van der Waals surface area contributed by atoms with Gasteiger partial charge in [0.2, 0.25) is 0 Å². The second-order valence-corrected chi connectivity index (χ2v) is 7.82. The summed E-state index contributed by atoms with van der Waals surface area (Å²) in [7, 11) is -3.30. The van der Waals surface area contributed by atoms with Gasteiger partial charge < -0.3 is 5.11 Å². The fourth-order valence-electron chi connectivity index (χ4n) is 3.16. The van der Waals surface area contributed by atoms with E-state index in [1.54, 1.807) is 24.3 Å². The molecular formula is C17H18O3S. The van der Waals surface area contributed by atoms with Crippen molar-refractivity contribution in [2.75, 3.05) is 5.75 Å². The first-order chi connectivity index (χ1) is 9.84. The summed E-state index contributed by atoms with van der Waals surface area (Å²) in [6, 6.07) is 12.6. The highest BCUT2D eigenvalue weighted by Crippen LogP contribution is 2.42. The minimum atomic E-state index is -3.30. The lowest BCUT2D eigenvalue weighted by molar-refractivity contribution is 0.0711. The third kappa shape index (κ3) is 2.19. The van der Waals surface area contributed by atoms with Gasteiger partial charge in [0.15, 0.2) is 9.84 Å². The van der Waals surface area contributed by atoms with E-state index in [0.29, 0.717) is 5.56 Å². The smallest absolute Gasteiger partial charge is 0.178 e. The molecule has 2 aromatic carbocycles. The molecule has 1 atom stereocenters. The second-order valence-electron chi connectivity index (χ2n) is 5.74. The molecule has 1 unspecified atom stereocenters. The average Bonchev–Trinajstić information content (AvgIpc) is 2.44. The first-order valence-corrected chi connectivity index (χ1v) is 8.62. The largest absolute Gasteiger partial charge is 0.380 e. The Kier molecular flexibility index (Phi) is 3.19. The number of sulfone groups is 1. The Morgan fingerprint density at radius 1 is 1.05 bits per heavy atom. The summed E-state index contributed by atoms with van der Waals surface area (Å²) in [6.45, 7) is 3.95. The maximum Gasteiger partial charge on any atom is 0.178 e. The van der Waals surface area contributed by atoms with Crippen LogP contribution in [0.5, 0.6) is 0 Å². The first kappa shape index (κ1) is 14.3. The summed E-state index contributed by atoms with van der Waals surface area (Å²) in [5.74, 6) is -0.0339. The minimum absolute atomic E-state index is 0.0339. The Morgan fingerprint density at radius 3 is 2.48 bits per heavy atom. The summed E-state index contributed by atoms with van der Waals surface area (Å²) in [5, 5.41) is 11.2. The van der Waals surface area contributed by atoms with Crippen LogP contribution in [-0.4, -0.2) is 19.3 Å². The van der Waals surface area contributed by atoms with Crippen molar-refractivity contribution in [2.45, 2.75) is 30.8 Å². The van der Waals surface area contributed by atoms with E-state index < -0.39 is 15.4 Å². The number of rotatable bonds is 1. The molecule has 0 saturated carbocycles. The predicted molar refractivity (Wildman–Crippen MR) is 82.0 cm³/mol. The van der Waals surface area contributed by atoms with E-state index in [2.05, 4.69) is 0 Å². The van der Waals surface area contributed by atoms with Crippen LogP contribution in [0.2, 0.25) is 0 Å². The molecule has 3 rings (SSSR count). The van der Waals surface area contributed by atoms with Gasteiger partial charge in [0, 0.05) is 5.56 Å². The van der Waals surface area contributed by atoms with Crippen LogP contribution in [0.1, 0.15) is 28.7 Å². The minimum Gasteiger partial charge on any atom is -0.380 e. The van der Waals surface area contributed by atoms with Crippen molar-refractivity contribution in [3.63, 3.8) is 0 Å². The molecule has 0 fully saturated rings. The van der Waals surface area contributed by atoms with Gasteiger partial charge in [-0.3, -0.25) is 0 Å². The third-order valence-electron chi connectivity index (χ3n) is 4.23. The fourth-order valence-corrected chi connectivity index (χ4v) is 4.81. The molecule has 1 heterocycles. The first-order valence-electron chi connectivity index (χ1n) is 6.97. The van der Waals surface area contributed by atoms with Gasteiger partial charge in [0.1, 0.15) is 5.60 Å². The SMILES string of the molecule is Cc1ccc(C2(O)CCS(=O)(=O)c3ccccc32)c(C)c1. The average molecular weight is 302 g/mol. The molecule has 0 saturated heterocycles. The Bertz CT molecular complexity index is 809. The molecule has 1 aliphatic rings. The maximum atomic E-state index is 12.2. The number of hydrogen-bond acceptors (Lipinski definition) is 3. The quantitative estimate of drug-likeness (QED) is 0.881. The molecule has 1 N–H and O–H groups in total. The van der Waals surface area contributed by atoms with E-state index in [0.717, 1.165) is 16.7 Å². The molecule has 0 radical (unpaired) electrons. The van der Waals surface area contributed by atoms with Gasteiger partial charge in [0.25, 0.3) is 0 Å². The highest BCUT2D eigenvalue weighted by molar-refractivity contribution is 7.91. The number of fused-ring (bicyclic) bond motifs is 1. The van der Waals surface area contributed by atoms with Gasteiger partial charge in [-0.2, -0.15) is 0 Å². The normalized spacial score (nSPS) is 23.6. The zero-order chi connectivity index (χ0) is 15.3. The number of hydrogen-bond donors (Lipinski definition) is 1. The standard InChI is InChI=1S/C17H18O3S/c1-12-7-8-14(13(2)11-12)17(18)9-10-21(19,20)16-6-4-3-5-15(16)17/h3-8,11,18H,9-10H2,1-2H3. The van der Waals surface area contributed by atoms with E-state index in [4.69, 9.17) is 0 Å². The van der Waals surface area contributed by atoms with Crippen LogP contribution < -0.4 is 0 Å². The van der Waals surface area contributed by atoms with Crippen LogP contribution in [0.25, 0.3) is 0 Å². The molecule has 0 aromatic heterocycles. The van der Waals surface area contributed by atoms with Crippen LogP contribution >= 0.6 is 0 Å². The van der Waals surface area contributed by atoms with Crippen molar-refractivity contribution in [1.29, 1.82) is 0 Å². The Labute approximate surface area is 125 Å². The summed E-state index contributed by atoms with van der Waals surface area (Å²) in [5.41, 5.74) is 2.14. The maximum absolute atomic E-state index is 12.2. The van der Waals surface area contributed by atoms with Crippen molar-refractivity contribution >= 4 is 9.84 Å². The van der Waals surface area contributed by atoms with E-state index in [9.17, 15) is 13.5 Å². The van der Waals surface area contributed by atoms with Gasteiger partial charge in [-0.1, -0.05) is 42.0 Å². The zero-order valence-electron chi connectivity index (χ0n) is 12.1. The van der Waals surface area contributed by atoms with Crippen LogP contribution in [0.15, 0.2) is 47.4 Å². The van der Waals surface area contributed by atoms with Crippen LogP contribution in [0, 0.1) is 13.8 Å². The van der Waals surface area contributed by atoms with E-state index in [1.807, 2.05) is 32.0 Å². The number of aryl methyl sites for hydroxylation is 2. The van der Waals surface area contributed by atoms with Crippen molar-refractivity contribution < 1.29 is 13.5 Å². The molecule has 21 heavy (non-hydrogen) atoms.